The Morgan fingerprint density at radius 1 is 1.20 bits per heavy atom. The molecule has 3 N–H and O–H groups in total. The second-order valence-corrected chi connectivity index (χ2v) is 7.56. The Balaban J connectivity index is 2.30. The fourth-order valence-corrected chi connectivity index (χ4v) is 4.03. The third kappa shape index (κ3) is 3.15. The molecule has 1 aromatic carbocycles. The van der Waals surface area contributed by atoms with Gasteiger partial charge in [-0.1, -0.05) is 26.3 Å². The van der Waals surface area contributed by atoms with Crippen LogP contribution in [0, 0.1) is 18.8 Å². The highest BCUT2D eigenvalue weighted by molar-refractivity contribution is 7.89. The Morgan fingerprint density at radius 2 is 1.80 bits per heavy atom. The molecule has 20 heavy (non-hydrogen) atoms. The third-order valence-electron chi connectivity index (χ3n) is 4.46. The lowest BCUT2D eigenvalue weighted by atomic mass is 9.78. The van der Waals surface area contributed by atoms with E-state index in [0.717, 1.165) is 5.69 Å². The monoisotopic (exact) mass is 296 g/mol. The van der Waals surface area contributed by atoms with Gasteiger partial charge in [-0.05, 0) is 49.3 Å². The number of hydrogen-bond donors (Lipinski definition) is 2. The van der Waals surface area contributed by atoms with Crippen LogP contribution in [0.5, 0.6) is 0 Å². The Kier molecular flexibility index (Phi) is 4.39. The molecule has 0 bridgehead atoms. The number of sulfonamides is 1. The van der Waals surface area contributed by atoms with Gasteiger partial charge in [-0.15, -0.1) is 0 Å². The highest BCUT2D eigenvalue weighted by atomic mass is 32.2. The summed E-state index contributed by atoms with van der Waals surface area (Å²) >= 11 is 0. The van der Waals surface area contributed by atoms with E-state index < -0.39 is 10.0 Å². The van der Waals surface area contributed by atoms with E-state index in [0.29, 0.717) is 23.4 Å². The van der Waals surface area contributed by atoms with Crippen LogP contribution in [0.4, 0.5) is 5.69 Å². The standard InChI is InChI=1S/C15H24N2O2S/c1-10-6-4-7-11(2)15(10)17-13-8-5-9-14(12(13)3)20(16,18)19/h5,8-11,15,17H,4,6-7H2,1-3H3,(H2,16,18,19). The van der Waals surface area contributed by atoms with Gasteiger partial charge in [0.2, 0.25) is 10.0 Å². The Bertz CT molecular complexity index is 574. The molecule has 5 heteroatoms. The highest BCUT2D eigenvalue weighted by Crippen LogP contribution is 2.33. The molecule has 0 amide bonds. The maximum Gasteiger partial charge on any atom is 0.238 e. The highest BCUT2D eigenvalue weighted by Gasteiger charge is 2.28. The van der Waals surface area contributed by atoms with Gasteiger partial charge in [-0.3, -0.25) is 0 Å². The number of anilines is 1. The van der Waals surface area contributed by atoms with Crippen molar-refractivity contribution in [1.82, 2.24) is 0 Å². The molecule has 1 saturated carbocycles. The molecule has 0 aromatic heterocycles. The normalized spacial score (nSPS) is 27.3. The first-order valence-electron chi connectivity index (χ1n) is 7.19. The van der Waals surface area contributed by atoms with E-state index >= 15 is 0 Å². The lowest BCUT2D eigenvalue weighted by molar-refractivity contribution is 0.268. The van der Waals surface area contributed by atoms with Gasteiger partial charge in [-0.25, -0.2) is 13.6 Å². The zero-order chi connectivity index (χ0) is 14.9. The SMILES string of the molecule is Cc1c(NC2C(C)CCCC2C)cccc1S(N)(=O)=O. The summed E-state index contributed by atoms with van der Waals surface area (Å²) in [4.78, 5) is 0.207. The van der Waals surface area contributed by atoms with Crippen LogP contribution in [0.25, 0.3) is 0 Å². The molecule has 2 rings (SSSR count). The molecule has 0 spiro atoms. The number of nitrogens with two attached hydrogens (primary N) is 1. The van der Waals surface area contributed by atoms with Gasteiger partial charge in [0, 0.05) is 11.7 Å². The van der Waals surface area contributed by atoms with Gasteiger partial charge in [0.15, 0.2) is 0 Å². The van der Waals surface area contributed by atoms with Crippen molar-refractivity contribution in [2.75, 3.05) is 5.32 Å². The molecule has 1 aliphatic rings. The molecule has 1 aliphatic carbocycles. The molecule has 0 saturated heterocycles. The predicted molar refractivity (Wildman–Crippen MR) is 82.1 cm³/mol. The van der Waals surface area contributed by atoms with Crippen LogP contribution in [-0.4, -0.2) is 14.5 Å². The van der Waals surface area contributed by atoms with E-state index in [-0.39, 0.29) is 4.90 Å². The summed E-state index contributed by atoms with van der Waals surface area (Å²) in [5, 5.41) is 8.80. The van der Waals surface area contributed by atoms with Crippen LogP contribution in [0.3, 0.4) is 0 Å². The zero-order valence-corrected chi connectivity index (χ0v) is 13.2. The smallest absolute Gasteiger partial charge is 0.238 e. The molecular formula is C15H24N2O2S. The molecule has 0 aliphatic heterocycles. The molecular weight excluding hydrogens is 272 g/mol. The largest absolute Gasteiger partial charge is 0.382 e. The van der Waals surface area contributed by atoms with Crippen molar-refractivity contribution in [3.63, 3.8) is 0 Å². The molecule has 0 heterocycles. The van der Waals surface area contributed by atoms with Crippen LogP contribution in [0.15, 0.2) is 23.1 Å². The fourth-order valence-electron chi connectivity index (χ4n) is 3.22. The summed E-state index contributed by atoms with van der Waals surface area (Å²) in [6.45, 7) is 6.32. The van der Waals surface area contributed by atoms with Crippen molar-refractivity contribution in [2.24, 2.45) is 17.0 Å². The minimum atomic E-state index is -3.66. The number of nitrogens with one attached hydrogen (secondary N) is 1. The van der Waals surface area contributed by atoms with E-state index in [1.165, 1.54) is 19.3 Å². The molecule has 0 radical (unpaired) electrons. The van der Waals surface area contributed by atoms with Gasteiger partial charge < -0.3 is 5.32 Å². The molecule has 1 fully saturated rings. The van der Waals surface area contributed by atoms with Crippen LogP contribution in [-0.2, 0) is 10.0 Å². The lowest BCUT2D eigenvalue weighted by Gasteiger charge is -2.36. The Morgan fingerprint density at radius 3 is 2.35 bits per heavy atom. The summed E-state index contributed by atoms with van der Waals surface area (Å²) in [6.07, 6.45) is 3.71. The molecule has 2 unspecified atom stereocenters. The molecule has 112 valence electrons. The quantitative estimate of drug-likeness (QED) is 0.901. The van der Waals surface area contributed by atoms with Crippen molar-refractivity contribution in [1.29, 1.82) is 0 Å². The Hall–Kier alpha value is -1.07. The fraction of sp³-hybridized carbons (Fsp3) is 0.600. The average molecular weight is 296 g/mol. The van der Waals surface area contributed by atoms with Crippen molar-refractivity contribution < 1.29 is 8.42 Å². The third-order valence-corrected chi connectivity index (χ3v) is 5.51. The molecule has 1 aromatic rings. The topological polar surface area (TPSA) is 72.2 Å². The minimum absolute atomic E-state index is 0.207. The van der Waals surface area contributed by atoms with Gasteiger partial charge >= 0.3 is 0 Å². The first-order chi connectivity index (χ1) is 9.30. The van der Waals surface area contributed by atoms with E-state index in [1.807, 2.05) is 6.07 Å². The summed E-state index contributed by atoms with van der Waals surface area (Å²) in [6, 6.07) is 5.62. The van der Waals surface area contributed by atoms with Crippen molar-refractivity contribution in [3.8, 4) is 0 Å². The number of rotatable bonds is 3. The van der Waals surface area contributed by atoms with Crippen molar-refractivity contribution in [2.45, 2.75) is 51.0 Å². The lowest BCUT2D eigenvalue weighted by Crippen LogP contribution is -2.37. The Labute approximate surface area is 121 Å². The van der Waals surface area contributed by atoms with E-state index in [9.17, 15) is 8.42 Å². The van der Waals surface area contributed by atoms with E-state index in [2.05, 4.69) is 19.2 Å². The van der Waals surface area contributed by atoms with E-state index in [4.69, 9.17) is 5.14 Å². The van der Waals surface area contributed by atoms with Gasteiger partial charge in [0.1, 0.15) is 0 Å². The summed E-state index contributed by atoms with van der Waals surface area (Å²) in [7, 11) is -3.66. The summed E-state index contributed by atoms with van der Waals surface area (Å²) < 4.78 is 23.2. The summed E-state index contributed by atoms with van der Waals surface area (Å²) in [5.41, 5.74) is 1.59. The number of benzene rings is 1. The number of primary sulfonamides is 1. The van der Waals surface area contributed by atoms with Gasteiger partial charge in [-0.2, -0.15) is 0 Å². The first-order valence-corrected chi connectivity index (χ1v) is 8.74. The minimum Gasteiger partial charge on any atom is -0.382 e. The van der Waals surface area contributed by atoms with Gasteiger partial charge in [0.25, 0.3) is 0 Å². The maximum absolute atomic E-state index is 11.6. The van der Waals surface area contributed by atoms with E-state index in [1.54, 1.807) is 19.1 Å². The van der Waals surface area contributed by atoms with Crippen molar-refractivity contribution in [3.05, 3.63) is 23.8 Å². The second kappa shape index (κ2) is 5.74. The van der Waals surface area contributed by atoms with Crippen LogP contribution in [0.1, 0.15) is 38.7 Å². The average Bonchev–Trinajstić information content (AvgIpc) is 2.34. The zero-order valence-electron chi connectivity index (χ0n) is 12.4. The maximum atomic E-state index is 11.6. The van der Waals surface area contributed by atoms with Crippen LogP contribution < -0.4 is 10.5 Å². The van der Waals surface area contributed by atoms with Crippen LogP contribution in [0.2, 0.25) is 0 Å². The van der Waals surface area contributed by atoms with Crippen LogP contribution >= 0.6 is 0 Å². The van der Waals surface area contributed by atoms with Gasteiger partial charge in [0.05, 0.1) is 4.90 Å². The first kappa shape index (κ1) is 15.3. The second-order valence-electron chi connectivity index (χ2n) is 6.03. The number of hydrogen-bond acceptors (Lipinski definition) is 3. The molecule has 4 nitrogen and oxygen atoms in total. The van der Waals surface area contributed by atoms with Crippen molar-refractivity contribution >= 4 is 15.7 Å². The predicted octanol–water partition coefficient (Wildman–Crippen LogP) is 2.88. The molecule has 2 atom stereocenters. The summed E-state index contributed by atoms with van der Waals surface area (Å²) in [5.74, 6) is 1.19.